The summed E-state index contributed by atoms with van der Waals surface area (Å²) >= 11 is 3.55. The van der Waals surface area contributed by atoms with Gasteiger partial charge in [-0.1, -0.05) is 34.1 Å². The lowest BCUT2D eigenvalue weighted by Crippen LogP contribution is -2.23. The van der Waals surface area contributed by atoms with Gasteiger partial charge in [-0.2, -0.15) is 0 Å². The van der Waals surface area contributed by atoms with Crippen molar-refractivity contribution in [3.63, 3.8) is 0 Å². The van der Waals surface area contributed by atoms with Gasteiger partial charge in [0.2, 0.25) is 0 Å². The molecule has 1 N–H and O–H groups in total. The first-order valence-corrected chi connectivity index (χ1v) is 6.10. The molecule has 2 nitrogen and oxygen atoms in total. The Kier molecular flexibility index (Phi) is 5.91. The highest BCUT2D eigenvalue weighted by molar-refractivity contribution is 9.10. The highest BCUT2D eigenvalue weighted by Gasteiger charge is 2.06. The van der Waals surface area contributed by atoms with E-state index in [-0.39, 0.29) is 0 Å². The lowest BCUT2D eigenvalue weighted by molar-refractivity contribution is 0.147. The Morgan fingerprint density at radius 1 is 1.40 bits per heavy atom. The number of hydrogen-bond donors (Lipinski definition) is 1. The molecule has 0 aliphatic heterocycles. The SMILES string of the molecule is CCOCCNC(C)c1ccccc1Br. The fraction of sp³-hybridized carbons (Fsp3) is 0.500. The molecule has 0 radical (unpaired) electrons. The fourth-order valence-electron chi connectivity index (χ4n) is 1.43. The summed E-state index contributed by atoms with van der Waals surface area (Å²) in [5.74, 6) is 0. The lowest BCUT2D eigenvalue weighted by atomic mass is 10.1. The number of benzene rings is 1. The molecule has 84 valence electrons. The molecule has 0 aliphatic rings. The Morgan fingerprint density at radius 3 is 2.80 bits per heavy atom. The molecule has 15 heavy (non-hydrogen) atoms. The van der Waals surface area contributed by atoms with Crippen molar-refractivity contribution < 1.29 is 4.74 Å². The van der Waals surface area contributed by atoms with E-state index in [1.165, 1.54) is 5.56 Å². The van der Waals surface area contributed by atoms with Crippen molar-refractivity contribution in [3.8, 4) is 0 Å². The van der Waals surface area contributed by atoms with Gasteiger partial charge >= 0.3 is 0 Å². The minimum absolute atomic E-state index is 0.348. The summed E-state index contributed by atoms with van der Waals surface area (Å²) in [5, 5.41) is 3.42. The van der Waals surface area contributed by atoms with E-state index in [9.17, 15) is 0 Å². The summed E-state index contributed by atoms with van der Waals surface area (Å²) in [6.45, 7) is 6.61. The smallest absolute Gasteiger partial charge is 0.0590 e. The van der Waals surface area contributed by atoms with Crippen molar-refractivity contribution >= 4 is 15.9 Å². The predicted molar refractivity (Wildman–Crippen MR) is 67.1 cm³/mol. The number of hydrogen-bond acceptors (Lipinski definition) is 2. The second kappa shape index (κ2) is 6.99. The number of halogens is 1. The molecule has 1 aromatic rings. The molecule has 0 saturated carbocycles. The van der Waals surface area contributed by atoms with Crippen molar-refractivity contribution in [2.45, 2.75) is 19.9 Å². The van der Waals surface area contributed by atoms with Crippen molar-refractivity contribution in [3.05, 3.63) is 34.3 Å². The Bertz CT molecular complexity index is 291. The standard InChI is InChI=1S/C12H18BrNO/c1-3-15-9-8-14-10(2)11-6-4-5-7-12(11)13/h4-7,10,14H,3,8-9H2,1-2H3. The summed E-state index contributed by atoms with van der Waals surface area (Å²) in [6, 6.07) is 8.63. The third-order valence-electron chi connectivity index (χ3n) is 2.27. The number of ether oxygens (including phenoxy) is 1. The summed E-state index contributed by atoms with van der Waals surface area (Å²) in [6.07, 6.45) is 0. The summed E-state index contributed by atoms with van der Waals surface area (Å²) in [7, 11) is 0. The molecule has 0 aliphatic carbocycles. The van der Waals surface area contributed by atoms with Crippen LogP contribution >= 0.6 is 15.9 Å². The molecular formula is C12H18BrNO. The molecule has 0 amide bonds. The average molecular weight is 272 g/mol. The molecule has 1 atom stereocenters. The second-order valence-corrected chi connectivity index (χ2v) is 4.25. The van der Waals surface area contributed by atoms with Crippen molar-refractivity contribution in [1.29, 1.82) is 0 Å². The molecule has 0 aromatic heterocycles. The van der Waals surface area contributed by atoms with Crippen LogP contribution < -0.4 is 5.32 Å². The van der Waals surface area contributed by atoms with Crippen molar-refractivity contribution in [2.75, 3.05) is 19.8 Å². The molecule has 0 bridgehead atoms. The van der Waals surface area contributed by atoms with Crippen LogP contribution in [0.4, 0.5) is 0 Å². The first kappa shape index (κ1) is 12.7. The molecule has 0 fully saturated rings. The van der Waals surface area contributed by atoms with E-state index in [1.807, 2.05) is 13.0 Å². The van der Waals surface area contributed by atoms with Crippen LogP contribution in [-0.4, -0.2) is 19.8 Å². The van der Waals surface area contributed by atoms with Crippen LogP contribution in [0.25, 0.3) is 0 Å². The maximum absolute atomic E-state index is 5.28. The van der Waals surface area contributed by atoms with Gasteiger partial charge in [-0.05, 0) is 25.5 Å². The molecule has 1 unspecified atom stereocenters. The zero-order valence-electron chi connectivity index (χ0n) is 9.29. The van der Waals surface area contributed by atoms with Gasteiger partial charge in [-0.3, -0.25) is 0 Å². The summed E-state index contributed by atoms with van der Waals surface area (Å²) < 4.78 is 6.43. The van der Waals surface area contributed by atoms with Gasteiger partial charge in [0.25, 0.3) is 0 Å². The zero-order chi connectivity index (χ0) is 11.1. The number of rotatable bonds is 6. The van der Waals surface area contributed by atoms with Crippen LogP contribution in [0.3, 0.4) is 0 Å². The third kappa shape index (κ3) is 4.33. The quantitative estimate of drug-likeness (QED) is 0.803. The largest absolute Gasteiger partial charge is 0.380 e. The summed E-state index contributed by atoms with van der Waals surface area (Å²) in [5.41, 5.74) is 1.29. The topological polar surface area (TPSA) is 21.3 Å². The number of nitrogens with one attached hydrogen (secondary N) is 1. The van der Waals surface area contributed by atoms with Gasteiger partial charge < -0.3 is 10.1 Å². The third-order valence-corrected chi connectivity index (χ3v) is 2.99. The van der Waals surface area contributed by atoms with Crippen LogP contribution in [-0.2, 0) is 4.74 Å². The maximum Gasteiger partial charge on any atom is 0.0590 e. The van der Waals surface area contributed by atoms with Gasteiger partial charge in [0.15, 0.2) is 0 Å². The van der Waals surface area contributed by atoms with E-state index in [4.69, 9.17) is 4.74 Å². The van der Waals surface area contributed by atoms with Crippen LogP contribution in [0.15, 0.2) is 28.7 Å². The minimum Gasteiger partial charge on any atom is -0.380 e. The first-order valence-electron chi connectivity index (χ1n) is 5.31. The van der Waals surface area contributed by atoms with E-state index >= 15 is 0 Å². The molecule has 0 spiro atoms. The van der Waals surface area contributed by atoms with E-state index in [1.54, 1.807) is 0 Å². The molecule has 1 rings (SSSR count). The van der Waals surface area contributed by atoms with E-state index < -0.39 is 0 Å². The predicted octanol–water partition coefficient (Wildman–Crippen LogP) is 3.14. The van der Waals surface area contributed by atoms with Gasteiger partial charge in [0, 0.05) is 23.7 Å². The highest BCUT2D eigenvalue weighted by Crippen LogP contribution is 2.22. The molecule has 3 heteroatoms. The maximum atomic E-state index is 5.28. The molecule has 0 heterocycles. The molecular weight excluding hydrogens is 254 g/mol. The lowest BCUT2D eigenvalue weighted by Gasteiger charge is -2.15. The van der Waals surface area contributed by atoms with Gasteiger partial charge in [0.1, 0.15) is 0 Å². The first-order chi connectivity index (χ1) is 7.25. The fourth-order valence-corrected chi connectivity index (χ4v) is 2.06. The van der Waals surface area contributed by atoms with E-state index in [2.05, 4.69) is 46.4 Å². The zero-order valence-corrected chi connectivity index (χ0v) is 10.9. The molecule has 1 aromatic carbocycles. The summed E-state index contributed by atoms with van der Waals surface area (Å²) in [4.78, 5) is 0. The van der Waals surface area contributed by atoms with Gasteiger partial charge in [-0.25, -0.2) is 0 Å². The van der Waals surface area contributed by atoms with Gasteiger partial charge in [0.05, 0.1) is 6.61 Å². The Balaban J connectivity index is 2.40. The average Bonchev–Trinajstić information content (AvgIpc) is 2.25. The minimum atomic E-state index is 0.348. The van der Waals surface area contributed by atoms with Crippen LogP contribution in [0.5, 0.6) is 0 Å². The Labute approximate surface area is 100 Å². The van der Waals surface area contributed by atoms with E-state index in [0.29, 0.717) is 6.04 Å². The Hall–Kier alpha value is -0.380. The van der Waals surface area contributed by atoms with Gasteiger partial charge in [-0.15, -0.1) is 0 Å². The normalized spacial score (nSPS) is 12.7. The van der Waals surface area contributed by atoms with Crippen LogP contribution in [0.2, 0.25) is 0 Å². The monoisotopic (exact) mass is 271 g/mol. The van der Waals surface area contributed by atoms with Crippen molar-refractivity contribution in [2.24, 2.45) is 0 Å². The second-order valence-electron chi connectivity index (χ2n) is 3.39. The molecule has 0 saturated heterocycles. The highest BCUT2D eigenvalue weighted by atomic mass is 79.9. The van der Waals surface area contributed by atoms with E-state index in [0.717, 1.165) is 24.2 Å². The van der Waals surface area contributed by atoms with Crippen LogP contribution in [0.1, 0.15) is 25.5 Å². The Morgan fingerprint density at radius 2 is 2.13 bits per heavy atom. The van der Waals surface area contributed by atoms with Crippen molar-refractivity contribution in [1.82, 2.24) is 5.32 Å². The van der Waals surface area contributed by atoms with Crippen LogP contribution in [0, 0.1) is 0 Å².